The van der Waals surface area contributed by atoms with E-state index in [4.69, 9.17) is 11.6 Å². The molecule has 0 radical (unpaired) electrons. The summed E-state index contributed by atoms with van der Waals surface area (Å²) in [6.07, 6.45) is 4.74. The molecular formula is C13H17ClN2O. The first-order chi connectivity index (χ1) is 8.13. The summed E-state index contributed by atoms with van der Waals surface area (Å²) < 4.78 is 0. The van der Waals surface area contributed by atoms with Crippen molar-refractivity contribution in [3.63, 3.8) is 0 Å². The van der Waals surface area contributed by atoms with Gasteiger partial charge in [-0.1, -0.05) is 18.5 Å². The minimum atomic E-state index is 0.00403. The highest BCUT2D eigenvalue weighted by atomic mass is 35.5. The number of carbonyl (C=O) groups excluding carboxylic acids is 1. The van der Waals surface area contributed by atoms with Crippen LogP contribution in [0.25, 0.3) is 0 Å². The van der Waals surface area contributed by atoms with E-state index in [0.717, 1.165) is 19.3 Å². The molecule has 1 aromatic heterocycles. The van der Waals surface area contributed by atoms with Gasteiger partial charge in [0.05, 0.1) is 0 Å². The monoisotopic (exact) mass is 252 g/mol. The molecule has 1 aliphatic rings. The van der Waals surface area contributed by atoms with Gasteiger partial charge >= 0.3 is 0 Å². The lowest BCUT2D eigenvalue weighted by molar-refractivity contribution is 0.0670. The molecule has 2 rings (SSSR count). The summed E-state index contributed by atoms with van der Waals surface area (Å²) in [5.74, 6) is 0.00403. The molecule has 2 heterocycles. The number of hydrogen-bond donors (Lipinski definition) is 0. The van der Waals surface area contributed by atoms with Crippen LogP contribution in [0.15, 0.2) is 18.3 Å². The number of nitrogens with zero attached hydrogens (tertiary/aromatic N) is 2. The van der Waals surface area contributed by atoms with Gasteiger partial charge < -0.3 is 4.90 Å². The van der Waals surface area contributed by atoms with Crippen LogP contribution in [-0.2, 0) is 0 Å². The number of aromatic nitrogens is 1. The molecule has 2 atom stereocenters. The van der Waals surface area contributed by atoms with Gasteiger partial charge in [-0.3, -0.25) is 9.78 Å². The normalized spacial score (nSPS) is 24.1. The maximum atomic E-state index is 12.4. The largest absolute Gasteiger partial charge is 0.332 e. The number of halogens is 1. The fourth-order valence-electron chi connectivity index (χ4n) is 2.49. The summed E-state index contributed by atoms with van der Waals surface area (Å²) in [5.41, 5.74) is 0.449. The quantitative estimate of drug-likeness (QED) is 0.810. The highest BCUT2D eigenvalue weighted by Gasteiger charge is 2.34. The Labute approximate surface area is 107 Å². The molecule has 4 heteroatoms. The molecule has 0 N–H and O–H groups in total. The standard InChI is InChI=1S/C13H17ClN2O/c1-3-11-5-4-9(2)16(11)13(17)12-8-10(14)6-7-15-12/h6-9,11H,3-5H2,1-2H3. The number of amides is 1. The molecule has 0 spiro atoms. The van der Waals surface area contributed by atoms with Gasteiger partial charge in [0, 0.05) is 23.3 Å². The lowest BCUT2D eigenvalue weighted by Crippen LogP contribution is -2.40. The maximum Gasteiger partial charge on any atom is 0.272 e. The summed E-state index contributed by atoms with van der Waals surface area (Å²) in [6, 6.07) is 3.97. The second kappa shape index (κ2) is 5.05. The van der Waals surface area contributed by atoms with E-state index in [-0.39, 0.29) is 5.91 Å². The molecule has 0 saturated carbocycles. The maximum absolute atomic E-state index is 12.4. The van der Waals surface area contributed by atoms with Gasteiger partial charge in [0.15, 0.2) is 0 Å². The second-order valence-electron chi connectivity index (χ2n) is 4.56. The molecule has 0 bridgehead atoms. The van der Waals surface area contributed by atoms with Crippen molar-refractivity contribution in [3.8, 4) is 0 Å². The molecule has 1 aromatic rings. The van der Waals surface area contributed by atoms with Crippen LogP contribution in [0, 0.1) is 0 Å². The van der Waals surface area contributed by atoms with Gasteiger partial charge in [0.1, 0.15) is 5.69 Å². The summed E-state index contributed by atoms with van der Waals surface area (Å²) in [7, 11) is 0. The van der Waals surface area contributed by atoms with Crippen molar-refractivity contribution in [1.29, 1.82) is 0 Å². The average Bonchev–Trinajstić information content (AvgIpc) is 2.69. The van der Waals surface area contributed by atoms with E-state index < -0.39 is 0 Å². The third-order valence-corrected chi connectivity index (χ3v) is 3.67. The summed E-state index contributed by atoms with van der Waals surface area (Å²) in [5, 5.41) is 0.559. The Morgan fingerprint density at radius 1 is 1.59 bits per heavy atom. The summed E-state index contributed by atoms with van der Waals surface area (Å²) >= 11 is 5.89. The van der Waals surface area contributed by atoms with Gasteiger partial charge in [-0.2, -0.15) is 0 Å². The van der Waals surface area contributed by atoms with E-state index in [1.54, 1.807) is 18.3 Å². The predicted molar refractivity (Wildman–Crippen MR) is 68.2 cm³/mol. The molecule has 2 unspecified atom stereocenters. The van der Waals surface area contributed by atoms with Crippen molar-refractivity contribution in [2.75, 3.05) is 0 Å². The Kier molecular flexibility index (Phi) is 3.67. The van der Waals surface area contributed by atoms with Crippen molar-refractivity contribution in [3.05, 3.63) is 29.0 Å². The zero-order valence-electron chi connectivity index (χ0n) is 10.2. The molecule has 0 aromatic carbocycles. The number of hydrogen-bond acceptors (Lipinski definition) is 2. The lowest BCUT2D eigenvalue weighted by Gasteiger charge is -2.27. The molecule has 1 fully saturated rings. The van der Waals surface area contributed by atoms with E-state index in [9.17, 15) is 4.79 Å². The Morgan fingerprint density at radius 3 is 3.00 bits per heavy atom. The van der Waals surface area contributed by atoms with E-state index >= 15 is 0 Å². The van der Waals surface area contributed by atoms with Gasteiger partial charge in [-0.25, -0.2) is 0 Å². The van der Waals surface area contributed by atoms with Crippen molar-refractivity contribution in [1.82, 2.24) is 9.88 Å². The van der Waals surface area contributed by atoms with Crippen LogP contribution >= 0.6 is 11.6 Å². The van der Waals surface area contributed by atoms with E-state index in [2.05, 4.69) is 18.8 Å². The van der Waals surface area contributed by atoms with Crippen LogP contribution < -0.4 is 0 Å². The molecular weight excluding hydrogens is 236 g/mol. The zero-order chi connectivity index (χ0) is 12.4. The first-order valence-electron chi connectivity index (χ1n) is 6.07. The van der Waals surface area contributed by atoms with Crippen LogP contribution in [0.4, 0.5) is 0 Å². The van der Waals surface area contributed by atoms with Gasteiger partial charge in [0.2, 0.25) is 0 Å². The molecule has 3 nitrogen and oxygen atoms in total. The number of pyridine rings is 1. The van der Waals surface area contributed by atoms with Crippen molar-refractivity contribution in [2.24, 2.45) is 0 Å². The van der Waals surface area contributed by atoms with E-state index in [1.807, 2.05) is 4.90 Å². The third-order valence-electron chi connectivity index (χ3n) is 3.43. The molecule has 0 aliphatic carbocycles. The van der Waals surface area contributed by atoms with Crippen molar-refractivity contribution < 1.29 is 4.79 Å². The summed E-state index contributed by atoms with van der Waals surface area (Å²) in [6.45, 7) is 4.21. The molecule has 92 valence electrons. The molecule has 1 amide bonds. The van der Waals surface area contributed by atoms with Crippen LogP contribution in [0.3, 0.4) is 0 Å². The Balaban J connectivity index is 2.24. The van der Waals surface area contributed by atoms with Crippen molar-refractivity contribution in [2.45, 2.75) is 45.2 Å². The van der Waals surface area contributed by atoms with Gasteiger partial charge in [0.25, 0.3) is 5.91 Å². The highest BCUT2D eigenvalue weighted by Crippen LogP contribution is 2.27. The van der Waals surface area contributed by atoms with Crippen LogP contribution in [0.1, 0.15) is 43.6 Å². The number of likely N-dealkylation sites (tertiary alicyclic amines) is 1. The second-order valence-corrected chi connectivity index (χ2v) is 5.00. The summed E-state index contributed by atoms with van der Waals surface area (Å²) in [4.78, 5) is 18.5. The average molecular weight is 253 g/mol. The van der Waals surface area contributed by atoms with Crippen molar-refractivity contribution >= 4 is 17.5 Å². The van der Waals surface area contributed by atoms with Crippen LogP contribution in [0.2, 0.25) is 5.02 Å². The molecule has 17 heavy (non-hydrogen) atoms. The highest BCUT2D eigenvalue weighted by molar-refractivity contribution is 6.30. The smallest absolute Gasteiger partial charge is 0.272 e. The Bertz CT molecular complexity index is 422. The minimum Gasteiger partial charge on any atom is -0.332 e. The predicted octanol–water partition coefficient (Wildman–Crippen LogP) is 3.14. The Morgan fingerprint density at radius 2 is 2.35 bits per heavy atom. The topological polar surface area (TPSA) is 33.2 Å². The van der Waals surface area contributed by atoms with Gasteiger partial charge in [-0.15, -0.1) is 0 Å². The van der Waals surface area contributed by atoms with Crippen LogP contribution in [0.5, 0.6) is 0 Å². The number of carbonyl (C=O) groups is 1. The fraction of sp³-hybridized carbons (Fsp3) is 0.538. The fourth-order valence-corrected chi connectivity index (χ4v) is 2.65. The first-order valence-corrected chi connectivity index (χ1v) is 6.45. The van der Waals surface area contributed by atoms with E-state index in [1.165, 1.54) is 0 Å². The molecule has 1 aliphatic heterocycles. The Hall–Kier alpha value is -1.09. The lowest BCUT2D eigenvalue weighted by atomic mass is 10.1. The SMILES string of the molecule is CCC1CCC(C)N1C(=O)c1cc(Cl)ccn1. The van der Waals surface area contributed by atoms with E-state index in [0.29, 0.717) is 22.8 Å². The van der Waals surface area contributed by atoms with Gasteiger partial charge in [-0.05, 0) is 38.3 Å². The minimum absolute atomic E-state index is 0.00403. The van der Waals surface area contributed by atoms with Crippen LogP contribution in [-0.4, -0.2) is 27.9 Å². The zero-order valence-corrected chi connectivity index (χ0v) is 10.9. The first kappa shape index (κ1) is 12.4. The number of rotatable bonds is 2. The molecule has 1 saturated heterocycles. The third kappa shape index (κ3) is 2.44.